The lowest BCUT2D eigenvalue weighted by molar-refractivity contribution is -0.177. The average Bonchev–Trinajstić information content (AvgIpc) is 2.19. The molecule has 1 aromatic rings. The number of hydrogen-bond acceptors (Lipinski definition) is 3. The van der Waals surface area contributed by atoms with Crippen molar-refractivity contribution in [1.29, 1.82) is 0 Å². The van der Waals surface area contributed by atoms with Crippen molar-refractivity contribution in [3.05, 3.63) is 26.3 Å². The molecule has 0 aliphatic rings. The Morgan fingerprint density at radius 3 is 2.37 bits per heavy atom. The maximum Gasteiger partial charge on any atom is 0.411 e. The second-order valence-corrected chi connectivity index (χ2v) is 5.83. The van der Waals surface area contributed by atoms with E-state index in [-0.39, 0.29) is 10.3 Å². The van der Waals surface area contributed by atoms with Crippen LogP contribution in [0.5, 0.6) is 0 Å². The summed E-state index contributed by atoms with van der Waals surface area (Å²) in [5.41, 5.74) is -0.376. The van der Waals surface area contributed by atoms with Gasteiger partial charge >= 0.3 is 6.18 Å². The standard InChI is InChI=1S/C11H14BrF3N2O2/c1-10(2,3)8-7(12)9(18)17-6(16-8)4-19-5-11(13,14)15/h4-5H2,1-3H3,(H,16,17,18). The van der Waals surface area contributed by atoms with Crippen molar-refractivity contribution in [3.63, 3.8) is 0 Å². The van der Waals surface area contributed by atoms with Crippen molar-refractivity contribution in [3.8, 4) is 0 Å². The van der Waals surface area contributed by atoms with E-state index in [1.54, 1.807) is 0 Å². The lowest BCUT2D eigenvalue weighted by Crippen LogP contribution is -2.24. The van der Waals surface area contributed by atoms with Crippen molar-refractivity contribution in [2.75, 3.05) is 6.61 Å². The normalized spacial score (nSPS) is 12.8. The Balaban J connectivity index is 2.93. The van der Waals surface area contributed by atoms with Crippen LogP contribution >= 0.6 is 15.9 Å². The summed E-state index contributed by atoms with van der Waals surface area (Å²) >= 11 is 3.12. The number of nitrogens with one attached hydrogen (secondary N) is 1. The Morgan fingerprint density at radius 1 is 1.32 bits per heavy atom. The van der Waals surface area contributed by atoms with Crippen LogP contribution in [0.25, 0.3) is 0 Å². The molecule has 0 aliphatic heterocycles. The topological polar surface area (TPSA) is 55.0 Å². The zero-order valence-electron chi connectivity index (χ0n) is 10.7. The molecule has 1 aromatic heterocycles. The van der Waals surface area contributed by atoms with E-state index in [9.17, 15) is 18.0 Å². The van der Waals surface area contributed by atoms with Crippen molar-refractivity contribution >= 4 is 15.9 Å². The van der Waals surface area contributed by atoms with E-state index in [1.165, 1.54) is 0 Å². The lowest BCUT2D eigenvalue weighted by atomic mass is 9.92. The molecule has 0 fully saturated rings. The quantitative estimate of drug-likeness (QED) is 0.918. The van der Waals surface area contributed by atoms with Gasteiger partial charge in [-0.3, -0.25) is 4.79 Å². The van der Waals surface area contributed by atoms with Crippen LogP contribution < -0.4 is 5.56 Å². The van der Waals surface area contributed by atoms with Gasteiger partial charge in [0.25, 0.3) is 5.56 Å². The van der Waals surface area contributed by atoms with Crippen LogP contribution in [0.15, 0.2) is 9.27 Å². The molecule has 0 aromatic carbocycles. The Morgan fingerprint density at radius 2 is 1.89 bits per heavy atom. The molecule has 1 rings (SSSR count). The minimum Gasteiger partial charge on any atom is -0.364 e. The Kier molecular flexibility index (Phi) is 4.78. The van der Waals surface area contributed by atoms with Gasteiger partial charge in [-0.05, 0) is 15.9 Å². The van der Waals surface area contributed by atoms with Crippen molar-refractivity contribution in [2.45, 2.75) is 39.0 Å². The third-order valence-electron chi connectivity index (χ3n) is 2.13. The summed E-state index contributed by atoms with van der Waals surface area (Å²) in [5, 5.41) is 0. The summed E-state index contributed by atoms with van der Waals surface area (Å²) in [7, 11) is 0. The second-order valence-electron chi connectivity index (χ2n) is 5.03. The first kappa shape index (κ1) is 16.2. The molecule has 0 amide bonds. The molecule has 0 saturated carbocycles. The van der Waals surface area contributed by atoms with Gasteiger partial charge in [0.15, 0.2) is 0 Å². The van der Waals surface area contributed by atoms with Crippen LogP contribution in [0, 0.1) is 0 Å². The number of rotatable bonds is 3. The van der Waals surface area contributed by atoms with Gasteiger partial charge in [-0.25, -0.2) is 4.98 Å². The van der Waals surface area contributed by atoms with Gasteiger partial charge in [0.05, 0.1) is 5.69 Å². The predicted octanol–water partition coefficient (Wildman–Crippen LogP) is 2.91. The van der Waals surface area contributed by atoms with E-state index in [0.29, 0.717) is 5.69 Å². The number of aromatic amines is 1. The van der Waals surface area contributed by atoms with Crippen LogP contribution in [-0.2, 0) is 16.8 Å². The number of alkyl halides is 3. The summed E-state index contributed by atoms with van der Waals surface area (Å²) in [5.74, 6) is 0.0716. The molecule has 0 radical (unpaired) electrons. The van der Waals surface area contributed by atoms with Crippen molar-refractivity contribution in [1.82, 2.24) is 9.97 Å². The van der Waals surface area contributed by atoms with Crippen molar-refractivity contribution in [2.24, 2.45) is 0 Å². The SMILES string of the molecule is CC(C)(C)c1nc(COCC(F)(F)F)[nH]c(=O)c1Br. The second kappa shape index (κ2) is 5.62. The fraction of sp³-hybridized carbons (Fsp3) is 0.636. The number of aromatic nitrogens is 2. The molecule has 0 bridgehead atoms. The highest BCUT2D eigenvalue weighted by molar-refractivity contribution is 9.10. The molecule has 0 spiro atoms. The van der Waals surface area contributed by atoms with E-state index in [1.807, 2.05) is 20.8 Å². The monoisotopic (exact) mass is 342 g/mol. The van der Waals surface area contributed by atoms with Gasteiger partial charge in [0.2, 0.25) is 0 Å². The highest BCUT2D eigenvalue weighted by Crippen LogP contribution is 2.25. The maximum atomic E-state index is 11.9. The van der Waals surface area contributed by atoms with E-state index >= 15 is 0 Å². The Labute approximate surface area is 116 Å². The summed E-state index contributed by atoms with van der Waals surface area (Å²) in [6.07, 6.45) is -4.40. The summed E-state index contributed by atoms with van der Waals surface area (Å²) < 4.78 is 40.6. The zero-order chi connectivity index (χ0) is 14.8. The fourth-order valence-electron chi connectivity index (χ4n) is 1.33. The molecule has 1 heterocycles. The third kappa shape index (κ3) is 4.94. The largest absolute Gasteiger partial charge is 0.411 e. The molecule has 0 saturated heterocycles. The number of nitrogens with zero attached hydrogens (tertiary/aromatic N) is 1. The highest BCUT2D eigenvalue weighted by Gasteiger charge is 2.28. The predicted molar refractivity (Wildman–Crippen MR) is 67.0 cm³/mol. The molecule has 4 nitrogen and oxygen atoms in total. The molecule has 0 atom stereocenters. The number of H-pyrrole nitrogens is 1. The van der Waals surface area contributed by atoms with Crippen LogP contribution in [0.1, 0.15) is 32.3 Å². The lowest BCUT2D eigenvalue weighted by Gasteiger charge is -2.19. The molecule has 1 N–H and O–H groups in total. The molecule has 19 heavy (non-hydrogen) atoms. The average molecular weight is 343 g/mol. The van der Waals surface area contributed by atoms with Crippen LogP contribution in [0.2, 0.25) is 0 Å². The molecular formula is C11H14BrF3N2O2. The van der Waals surface area contributed by atoms with E-state index in [2.05, 4.69) is 30.6 Å². The fourth-order valence-corrected chi connectivity index (χ4v) is 2.12. The molecule has 108 valence electrons. The van der Waals surface area contributed by atoms with Crippen LogP contribution in [0.4, 0.5) is 13.2 Å². The Bertz CT molecular complexity index is 506. The molecule has 0 unspecified atom stereocenters. The first-order valence-electron chi connectivity index (χ1n) is 5.44. The van der Waals surface area contributed by atoms with Crippen LogP contribution in [0.3, 0.4) is 0 Å². The third-order valence-corrected chi connectivity index (χ3v) is 2.86. The number of halogens is 4. The zero-order valence-corrected chi connectivity index (χ0v) is 12.3. The van der Waals surface area contributed by atoms with Gasteiger partial charge in [0.1, 0.15) is 23.5 Å². The Hall–Kier alpha value is -0.890. The van der Waals surface area contributed by atoms with Crippen LogP contribution in [-0.4, -0.2) is 22.8 Å². The summed E-state index contributed by atoms with van der Waals surface area (Å²) in [6.45, 7) is 3.77. The highest BCUT2D eigenvalue weighted by atomic mass is 79.9. The number of ether oxygens (including phenoxy) is 1. The first-order valence-corrected chi connectivity index (χ1v) is 6.23. The van der Waals surface area contributed by atoms with Gasteiger partial charge in [-0.15, -0.1) is 0 Å². The number of hydrogen-bond donors (Lipinski definition) is 1. The molecule has 0 aliphatic carbocycles. The minimum absolute atomic E-state index is 0.0716. The van der Waals surface area contributed by atoms with Gasteiger partial charge in [0, 0.05) is 5.41 Å². The van der Waals surface area contributed by atoms with Crippen molar-refractivity contribution < 1.29 is 17.9 Å². The maximum absolute atomic E-state index is 11.9. The summed E-state index contributed by atoms with van der Waals surface area (Å²) in [6, 6.07) is 0. The summed E-state index contributed by atoms with van der Waals surface area (Å²) in [4.78, 5) is 18.1. The smallest absolute Gasteiger partial charge is 0.364 e. The first-order chi connectivity index (χ1) is 8.50. The minimum atomic E-state index is -4.40. The van der Waals surface area contributed by atoms with E-state index < -0.39 is 30.4 Å². The van der Waals surface area contributed by atoms with Gasteiger partial charge < -0.3 is 9.72 Å². The van der Waals surface area contributed by atoms with Gasteiger partial charge in [-0.1, -0.05) is 20.8 Å². The molecule has 8 heteroatoms. The molecular weight excluding hydrogens is 329 g/mol. The van der Waals surface area contributed by atoms with E-state index in [4.69, 9.17) is 0 Å². The van der Waals surface area contributed by atoms with Gasteiger partial charge in [-0.2, -0.15) is 13.2 Å². The van der Waals surface area contributed by atoms with E-state index in [0.717, 1.165) is 0 Å².